The molecule has 2 heterocycles. The van der Waals surface area contributed by atoms with Crippen LogP contribution in [0.3, 0.4) is 0 Å². The van der Waals surface area contributed by atoms with Crippen LogP contribution in [-0.4, -0.2) is 48.0 Å². The molecule has 0 aliphatic carbocycles. The first kappa shape index (κ1) is 30.8. The highest BCUT2D eigenvalue weighted by atomic mass is 35.5. The quantitative estimate of drug-likeness (QED) is 0.180. The van der Waals surface area contributed by atoms with E-state index in [1.54, 1.807) is 43.5 Å². The lowest BCUT2D eigenvalue weighted by Crippen LogP contribution is -2.19. The number of alkyl halides is 3. The Bertz CT molecular complexity index is 1950. The summed E-state index contributed by atoms with van der Waals surface area (Å²) in [4.78, 5) is 16.9. The van der Waals surface area contributed by atoms with E-state index in [0.29, 0.717) is 16.4 Å². The molecule has 0 unspecified atom stereocenters. The minimum absolute atomic E-state index is 0.0526. The number of anilines is 3. The summed E-state index contributed by atoms with van der Waals surface area (Å²) in [6.45, 7) is 0.169. The minimum Gasteiger partial charge on any atom is -0.482 e. The molecule has 0 bridgehead atoms. The Hall–Kier alpha value is -4.62. The zero-order valence-corrected chi connectivity index (χ0v) is 24.8. The first-order valence-corrected chi connectivity index (χ1v) is 15.4. The summed E-state index contributed by atoms with van der Waals surface area (Å²) < 4.78 is 68.7. The highest BCUT2D eigenvalue weighted by Gasteiger charge is 2.29. The van der Waals surface area contributed by atoms with E-state index in [9.17, 15) is 26.4 Å². The molecule has 0 aliphatic rings. The van der Waals surface area contributed by atoms with Gasteiger partial charge in [0.25, 0.3) is 0 Å². The van der Waals surface area contributed by atoms with Crippen molar-refractivity contribution in [1.82, 2.24) is 14.6 Å². The smallest absolute Gasteiger partial charge is 0.422 e. The van der Waals surface area contributed by atoms with Crippen LogP contribution < -0.4 is 15.4 Å². The molecule has 1 atom stereocenters. The SMILES string of the molecule is C[C@@H](C(=O)Nc1ccc(-c2ccc3nc(Nc4ccc(S(C)(=O)=O)cc4OCC(F)(F)F)nn3c2)cc1)c1ccccc1Cl. The van der Waals surface area contributed by atoms with Gasteiger partial charge in [-0.15, -0.1) is 5.10 Å². The average molecular weight is 644 g/mol. The molecule has 0 saturated carbocycles. The van der Waals surface area contributed by atoms with Crippen molar-refractivity contribution in [2.24, 2.45) is 0 Å². The number of carbonyl (C=O) groups is 1. The molecular formula is C30H25ClF3N5O4S. The Labute approximate surface area is 255 Å². The number of amides is 1. The van der Waals surface area contributed by atoms with Gasteiger partial charge in [-0.25, -0.2) is 12.9 Å². The lowest BCUT2D eigenvalue weighted by molar-refractivity contribution is -0.153. The lowest BCUT2D eigenvalue weighted by Gasteiger charge is -2.14. The lowest BCUT2D eigenvalue weighted by atomic mass is 10.00. The van der Waals surface area contributed by atoms with E-state index in [0.717, 1.165) is 29.0 Å². The molecular weight excluding hydrogens is 619 g/mol. The number of nitrogens with one attached hydrogen (secondary N) is 2. The van der Waals surface area contributed by atoms with Crippen LogP contribution in [-0.2, 0) is 14.6 Å². The topological polar surface area (TPSA) is 115 Å². The molecule has 44 heavy (non-hydrogen) atoms. The Morgan fingerprint density at radius 3 is 2.41 bits per heavy atom. The Balaban J connectivity index is 1.33. The fourth-order valence-corrected chi connectivity index (χ4v) is 5.24. The van der Waals surface area contributed by atoms with Crippen molar-refractivity contribution in [3.05, 3.63) is 95.6 Å². The van der Waals surface area contributed by atoms with Gasteiger partial charge >= 0.3 is 6.18 Å². The maximum atomic E-state index is 12.8. The second-order valence-corrected chi connectivity index (χ2v) is 12.3. The van der Waals surface area contributed by atoms with Gasteiger partial charge in [-0.3, -0.25) is 4.79 Å². The first-order chi connectivity index (χ1) is 20.8. The summed E-state index contributed by atoms with van der Waals surface area (Å²) in [6, 6.07) is 21.5. The normalized spacial score (nSPS) is 12.6. The van der Waals surface area contributed by atoms with E-state index in [4.69, 9.17) is 16.3 Å². The summed E-state index contributed by atoms with van der Waals surface area (Å²) in [7, 11) is -3.70. The molecule has 1 amide bonds. The van der Waals surface area contributed by atoms with E-state index >= 15 is 0 Å². The molecule has 2 N–H and O–H groups in total. The van der Waals surface area contributed by atoms with Crippen LogP contribution in [0.5, 0.6) is 5.75 Å². The molecule has 2 aromatic heterocycles. The largest absolute Gasteiger partial charge is 0.482 e. The molecule has 0 aliphatic heterocycles. The van der Waals surface area contributed by atoms with Gasteiger partial charge in [0.05, 0.1) is 16.5 Å². The summed E-state index contributed by atoms with van der Waals surface area (Å²) >= 11 is 6.23. The molecule has 5 rings (SSSR count). The number of benzene rings is 3. The van der Waals surface area contributed by atoms with E-state index in [1.165, 1.54) is 16.6 Å². The molecule has 9 nitrogen and oxygen atoms in total. The summed E-state index contributed by atoms with van der Waals surface area (Å²) in [5, 5.41) is 10.6. The van der Waals surface area contributed by atoms with Crippen LogP contribution in [0, 0.1) is 0 Å². The standard InChI is InChI=1S/C30H25ClF3N5O4S/c1-18(23-5-3-4-6-24(23)31)28(40)35-21-10-7-19(8-11-21)20-9-14-27-37-29(38-39(27)16-20)36-25-13-12-22(44(2,41)42)15-26(25)43-17-30(32,33)34/h3-16,18H,17H2,1-2H3,(H,35,40)(H,36,38)/t18-/m1/s1. The van der Waals surface area contributed by atoms with Crippen LogP contribution in [0.25, 0.3) is 16.8 Å². The molecule has 3 aromatic carbocycles. The molecule has 5 aromatic rings. The highest BCUT2D eigenvalue weighted by Crippen LogP contribution is 2.32. The van der Waals surface area contributed by atoms with Crippen molar-refractivity contribution in [1.29, 1.82) is 0 Å². The number of hydrogen-bond donors (Lipinski definition) is 2. The van der Waals surface area contributed by atoms with Crippen molar-refractivity contribution in [3.63, 3.8) is 0 Å². The van der Waals surface area contributed by atoms with Gasteiger partial charge in [-0.1, -0.05) is 41.9 Å². The first-order valence-electron chi connectivity index (χ1n) is 13.1. The zero-order valence-electron chi connectivity index (χ0n) is 23.3. The number of rotatable bonds is 9. The number of ether oxygens (including phenoxy) is 1. The zero-order chi connectivity index (χ0) is 31.6. The van der Waals surface area contributed by atoms with E-state index in [2.05, 4.69) is 20.7 Å². The molecule has 0 saturated heterocycles. The van der Waals surface area contributed by atoms with Crippen molar-refractivity contribution in [3.8, 4) is 16.9 Å². The van der Waals surface area contributed by atoms with E-state index in [1.807, 2.05) is 30.3 Å². The van der Waals surface area contributed by atoms with E-state index < -0.39 is 28.5 Å². The van der Waals surface area contributed by atoms with Gasteiger partial charge in [0, 0.05) is 34.8 Å². The molecule has 0 fully saturated rings. The number of nitrogens with zero attached hydrogens (tertiary/aromatic N) is 3. The fraction of sp³-hybridized carbons (Fsp3) is 0.167. The Morgan fingerprint density at radius 2 is 1.73 bits per heavy atom. The number of carbonyl (C=O) groups excluding carboxylic acids is 1. The van der Waals surface area contributed by atoms with Crippen LogP contribution in [0.4, 0.5) is 30.5 Å². The van der Waals surface area contributed by atoms with Crippen molar-refractivity contribution in [2.75, 3.05) is 23.5 Å². The summed E-state index contributed by atoms with van der Waals surface area (Å²) in [5.41, 5.74) is 3.44. The molecule has 0 radical (unpaired) electrons. The molecule has 0 spiro atoms. The van der Waals surface area contributed by atoms with E-state index in [-0.39, 0.29) is 28.2 Å². The monoisotopic (exact) mass is 643 g/mol. The second kappa shape index (κ2) is 12.2. The number of fused-ring (bicyclic) bond motifs is 1. The third-order valence-electron chi connectivity index (χ3n) is 6.60. The number of hydrogen-bond acceptors (Lipinski definition) is 7. The van der Waals surface area contributed by atoms with Crippen molar-refractivity contribution in [2.45, 2.75) is 23.9 Å². The van der Waals surface area contributed by atoms with Crippen LogP contribution in [0.2, 0.25) is 5.02 Å². The van der Waals surface area contributed by atoms with Crippen LogP contribution in [0.15, 0.2) is 90.0 Å². The van der Waals surface area contributed by atoms with Gasteiger partial charge in [0.15, 0.2) is 22.1 Å². The average Bonchev–Trinajstić information content (AvgIpc) is 3.37. The van der Waals surface area contributed by atoms with Gasteiger partial charge in [-0.2, -0.15) is 18.2 Å². The molecule has 14 heteroatoms. The Kier molecular flexibility index (Phi) is 8.53. The van der Waals surface area contributed by atoms with Gasteiger partial charge < -0.3 is 15.4 Å². The van der Waals surface area contributed by atoms with Crippen molar-refractivity contribution >= 4 is 50.3 Å². The van der Waals surface area contributed by atoms with Gasteiger partial charge in [0.1, 0.15) is 5.75 Å². The maximum Gasteiger partial charge on any atom is 0.422 e. The maximum absolute atomic E-state index is 12.8. The van der Waals surface area contributed by atoms with Crippen LogP contribution >= 0.6 is 11.6 Å². The van der Waals surface area contributed by atoms with Crippen molar-refractivity contribution < 1.29 is 31.1 Å². The van der Waals surface area contributed by atoms with Crippen LogP contribution in [0.1, 0.15) is 18.4 Å². The summed E-state index contributed by atoms with van der Waals surface area (Å²) in [5.74, 6) is -0.923. The predicted molar refractivity (Wildman–Crippen MR) is 161 cm³/mol. The number of sulfone groups is 1. The third-order valence-corrected chi connectivity index (χ3v) is 8.06. The van der Waals surface area contributed by atoms with Gasteiger partial charge in [0.2, 0.25) is 11.9 Å². The highest BCUT2D eigenvalue weighted by molar-refractivity contribution is 7.90. The Morgan fingerprint density at radius 1 is 1.02 bits per heavy atom. The number of pyridine rings is 1. The van der Waals surface area contributed by atoms with Gasteiger partial charge in [-0.05, 0) is 60.5 Å². The summed E-state index contributed by atoms with van der Waals surface area (Å²) in [6.07, 6.45) is -1.97. The third kappa shape index (κ3) is 7.29. The number of halogens is 4. The predicted octanol–water partition coefficient (Wildman–Crippen LogP) is 6.88. The fourth-order valence-electron chi connectivity index (χ4n) is 4.31. The number of aromatic nitrogens is 3. The second-order valence-electron chi connectivity index (χ2n) is 9.92. The minimum atomic E-state index is -4.63. The molecule has 228 valence electrons.